The first-order valence-corrected chi connectivity index (χ1v) is 7.85. The van der Waals surface area contributed by atoms with E-state index in [-0.39, 0.29) is 16.1 Å². The van der Waals surface area contributed by atoms with Crippen molar-refractivity contribution in [3.05, 3.63) is 23.5 Å². The molecule has 0 spiro atoms. The minimum atomic E-state index is -3.71. The lowest BCUT2D eigenvalue weighted by molar-refractivity contribution is 0.491. The largest absolute Gasteiger partial charge is 0.399 e. The van der Waals surface area contributed by atoms with Crippen molar-refractivity contribution in [1.29, 1.82) is 0 Å². The van der Waals surface area contributed by atoms with E-state index in [0.29, 0.717) is 18.4 Å². The van der Waals surface area contributed by atoms with Crippen LogP contribution in [0.3, 0.4) is 0 Å². The maximum Gasteiger partial charge on any atom is 0.241 e. The molecule has 0 radical (unpaired) electrons. The summed E-state index contributed by atoms with van der Waals surface area (Å²) in [5, 5.41) is 0. The lowest BCUT2D eigenvalue weighted by atomic mass is 10.1. The van der Waals surface area contributed by atoms with Gasteiger partial charge < -0.3 is 5.73 Å². The molecule has 2 rings (SSSR count). The molecular weight excluding hydrogens is 267 g/mol. The minimum Gasteiger partial charge on any atom is -0.399 e. The van der Waals surface area contributed by atoms with Gasteiger partial charge >= 0.3 is 0 Å². The summed E-state index contributed by atoms with van der Waals surface area (Å²) in [7, 11) is -3.71. The molecule has 0 aromatic heterocycles. The molecule has 3 N–H and O–H groups in total. The summed E-state index contributed by atoms with van der Waals surface area (Å²) in [5.41, 5.74) is 5.71. The van der Waals surface area contributed by atoms with Gasteiger partial charge in [-0.1, -0.05) is 6.92 Å². The van der Waals surface area contributed by atoms with Gasteiger partial charge in [-0.3, -0.25) is 0 Å². The standard InChI is InChI=1S/C13H19FN2O2S/c1-8(10-3-4-10)7-16-19(17,18)13-6-11(15)5-12(14)9(13)2/h5-6,8,10,16H,3-4,7,15H2,1-2H3. The second-order valence-electron chi connectivity index (χ2n) is 5.29. The Kier molecular flexibility index (Phi) is 3.82. The Hall–Kier alpha value is -1.14. The Morgan fingerprint density at radius 2 is 2.11 bits per heavy atom. The fourth-order valence-corrected chi connectivity index (χ4v) is 3.53. The molecule has 0 heterocycles. The van der Waals surface area contributed by atoms with Crippen LogP contribution >= 0.6 is 0 Å². The number of nitrogen functional groups attached to an aromatic ring is 1. The van der Waals surface area contributed by atoms with Crippen LogP contribution in [0.2, 0.25) is 0 Å². The van der Waals surface area contributed by atoms with Gasteiger partial charge in [-0.2, -0.15) is 0 Å². The van der Waals surface area contributed by atoms with Crippen LogP contribution in [0.25, 0.3) is 0 Å². The third kappa shape index (κ3) is 3.25. The molecule has 106 valence electrons. The van der Waals surface area contributed by atoms with E-state index in [0.717, 1.165) is 18.9 Å². The smallest absolute Gasteiger partial charge is 0.241 e. The first kappa shape index (κ1) is 14.3. The molecule has 1 saturated carbocycles. The van der Waals surface area contributed by atoms with E-state index in [4.69, 9.17) is 5.73 Å². The van der Waals surface area contributed by atoms with Crippen molar-refractivity contribution >= 4 is 15.7 Å². The van der Waals surface area contributed by atoms with E-state index in [9.17, 15) is 12.8 Å². The molecule has 1 aliphatic rings. The number of hydrogen-bond donors (Lipinski definition) is 2. The lowest BCUT2D eigenvalue weighted by Crippen LogP contribution is -2.30. The second kappa shape index (κ2) is 5.09. The van der Waals surface area contributed by atoms with Crippen LogP contribution in [0, 0.1) is 24.6 Å². The topological polar surface area (TPSA) is 72.2 Å². The van der Waals surface area contributed by atoms with E-state index in [2.05, 4.69) is 4.72 Å². The molecule has 1 fully saturated rings. The molecule has 0 aliphatic heterocycles. The van der Waals surface area contributed by atoms with Crippen LogP contribution in [0.4, 0.5) is 10.1 Å². The van der Waals surface area contributed by atoms with Crippen LogP contribution < -0.4 is 10.5 Å². The summed E-state index contributed by atoms with van der Waals surface area (Å²) >= 11 is 0. The summed E-state index contributed by atoms with van der Waals surface area (Å²) in [6.45, 7) is 3.84. The highest BCUT2D eigenvalue weighted by atomic mass is 32.2. The number of halogens is 1. The molecule has 0 bridgehead atoms. The highest BCUT2D eigenvalue weighted by Crippen LogP contribution is 2.36. The number of rotatable bonds is 5. The summed E-state index contributed by atoms with van der Waals surface area (Å²) in [6, 6.07) is 2.42. The first-order chi connectivity index (χ1) is 8.81. The molecule has 1 unspecified atom stereocenters. The van der Waals surface area contributed by atoms with Gasteiger partial charge in [-0.25, -0.2) is 17.5 Å². The Balaban J connectivity index is 2.19. The predicted molar refractivity (Wildman–Crippen MR) is 72.6 cm³/mol. The number of nitrogens with two attached hydrogens (primary N) is 1. The zero-order chi connectivity index (χ0) is 14.2. The van der Waals surface area contributed by atoms with Gasteiger partial charge in [0.1, 0.15) is 5.82 Å². The van der Waals surface area contributed by atoms with Gasteiger partial charge in [0.15, 0.2) is 0 Å². The van der Waals surface area contributed by atoms with Crippen molar-refractivity contribution in [2.75, 3.05) is 12.3 Å². The molecular formula is C13H19FN2O2S. The molecule has 4 nitrogen and oxygen atoms in total. The van der Waals surface area contributed by atoms with Gasteiger partial charge in [-0.05, 0) is 43.7 Å². The van der Waals surface area contributed by atoms with Crippen molar-refractivity contribution in [3.8, 4) is 0 Å². The lowest BCUT2D eigenvalue weighted by Gasteiger charge is -2.14. The molecule has 0 saturated heterocycles. The SMILES string of the molecule is Cc1c(F)cc(N)cc1S(=O)(=O)NCC(C)C1CC1. The van der Waals surface area contributed by atoms with Crippen molar-refractivity contribution in [2.45, 2.75) is 31.6 Å². The third-order valence-corrected chi connectivity index (χ3v) is 5.18. The fraction of sp³-hybridized carbons (Fsp3) is 0.538. The van der Waals surface area contributed by atoms with Crippen LogP contribution in [0.5, 0.6) is 0 Å². The highest BCUT2D eigenvalue weighted by molar-refractivity contribution is 7.89. The number of sulfonamides is 1. The normalized spacial score (nSPS) is 17.4. The monoisotopic (exact) mass is 286 g/mol. The van der Waals surface area contributed by atoms with Gasteiger partial charge in [-0.15, -0.1) is 0 Å². The number of nitrogens with one attached hydrogen (secondary N) is 1. The molecule has 1 atom stereocenters. The fourth-order valence-electron chi connectivity index (χ4n) is 2.10. The van der Waals surface area contributed by atoms with Crippen molar-refractivity contribution < 1.29 is 12.8 Å². The zero-order valence-corrected chi connectivity index (χ0v) is 11.9. The van der Waals surface area contributed by atoms with Gasteiger partial charge in [0.25, 0.3) is 0 Å². The van der Waals surface area contributed by atoms with E-state index >= 15 is 0 Å². The summed E-state index contributed by atoms with van der Waals surface area (Å²) in [6.07, 6.45) is 2.32. The molecule has 1 aromatic carbocycles. The maximum absolute atomic E-state index is 13.5. The average molecular weight is 286 g/mol. The van der Waals surface area contributed by atoms with Crippen LogP contribution in [0.15, 0.2) is 17.0 Å². The zero-order valence-electron chi connectivity index (χ0n) is 11.1. The Labute approximate surface area is 113 Å². The van der Waals surface area contributed by atoms with E-state index in [1.807, 2.05) is 6.92 Å². The van der Waals surface area contributed by atoms with Gasteiger partial charge in [0, 0.05) is 17.8 Å². The van der Waals surface area contributed by atoms with E-state index < -0.39 is 15.8 Å². The molecule has 19 heavy (non-hydrogen) atoms. The molecule has 6 heteroatoms. The van der Waals surface area contributed by atoms with Crippen molar-refractivity contribution in [1.82, 2.24) is 4.72 Å². The molecule has 0 amide bonds. The van der Waals surface area contributed by atoms with Crippen molar-refractivity contribution in [3.63, 3.8) is 0 Å². The van der Waals surface area contributed by atoms with E-state index in [1.165, 1.54) is 13.0 Å². The highest BCUT2D eigenvalue weighted by Gasteiger charge is 2.29. The number of hydrogen-bond acceptors (Lipinski definition) is 3. The summed E-state index contributed by atoms with van der Waals surface area (Å²) in [4.78, 5) is -0.0759. The quantitative estimate of drug-likeness (QED) is 0.814. The first-order valence-electron chi connectivity index (χ1n) is 6.36. The number of anilines is 1. The molecule has 1 aliphatic carbocycles. The van der Waals surface area contributed by atoms with Gasteiger partial charge in [0.05, 0.1) is 4.90 Å². The van der Waals surface area contributed by atoms with E-state index in [1.54, 1.807) is 0 Å². The predicted octanol–water partition coefficient (Wildman–Crippen LogP) is 2.04. The average Bonchev–Trinajstić information content (AvgIpc) is 3.14. The maximum atomic E-state index is 13.5. The minimum absolute atomic E-state index is 0.0759. The Bertz CT molecular complexity index is 583. The van der Waals surface area contributed by atoms with Crippen LogP contribution in [0.1, 0.15) is 25.3 Å². The van der Waals surface area contributed by atoms with Crippen LogP contribution in [-0.4, -0.2) is 15.0 Å². The Morgan fingerprint density at radius 3 is 2.68 bits per heavy atom. The third-order valence-electron chi connectivity index (χ3n) is 3.63. The Morgan fingerprint density at radius 1 is 1.47 bits per heavy atom. The van der Waals surface area contributed by atoms with Crippen LogP contribution in [-0.2, 0) is 10.0 Å². The number of benzene rings is 1. The summed E-state index contributed by atoms with van der Waals surface area (Å²) < 4.78 is 40.4. The second-order valence-corrected chi connectivity index (χ2v) is 7.03. The van der Waals surface area contributed by atoms with Crippen molar-refractivity contribution in [2.24, 2.45) is 11.8 Å². The molecule has 1 aromatic rings. The van der Waals surface area contributed by atoms with Gasteiger partial charge in [0.2, 0.25) is 10.0 Å². The summed E-state index contributed by atoms with van der Waals surface area (Å²) in [5.74, 6) is 0.318.